The van der Waals surface area contributed by atoms with Crippen molar-refractivity contribution in [1.29, 1.82) is 0 Å². The molecule has 1 aliphatic heterocycles. The van der Waals surface area contributed by atoms with Crippen LogP contribution in [0.4, 0.5) is 0 Å². The fourth-order valence-electron chi connectivity index (χ4n) is 3.95. The molecule has 8 nitrogen and oxygen atoms in total. The third kappa shape index (κ3) is 7.83. The minimum absolute atomic E-state index is 0.0364. The van der Waals surface area contributed by atoms with Gasteiger partial charge in [0.15, 0.2) is 0 Å². The molecule has 2 rings (SSSR count). The number of allylic oxidation sites excluding steroid dienone is 3. The van der Waals surface area contributed by atoms with Crippen LogP contribution in [0.5, 0.6) is 0 Å². The highest BCUT2D eigenvalue weighted by atomic mass is 16.3. The smallest absolute Gasteiger partial charge is 0.287 e. The molecule has 2 unspecified atom stereocenters. The number of nitrogens with one attached hydrogen (secondary N) is 2. The Labute approximate surface area is 191 Å². The van der Waals surface area contributed by atoms with Crippen molar-refractivity contribution in [2.24, 2.45) is 23.2 Å². The van der Waals surface area contributed by atoms with Gasteiger partial charge in [0, 0.05) is 31.5 Å². The van der Waals surface area contributed by atoms with Crippen molar-refractivity contribution >= 4 is 17.6 Å². The van der Waals surface area contributed by atoms with E-state index in [0.29, 0.717) is 24.3 Å². The highest BCUT2D eigenvalue weighted by Crippen LogP contribution is 2.23. The molecule has 8 heteroatoms. The van der Waals surface area contributed by atoms with Gasteiger partial charge in [-0.25, -0.2) is 0 Å². The van der Waals surface area contributed by atoms with Crippen LogP contribution in [0.25, 0.3) is 0 Å². The molecule has 1 heterocycles. The lowest BCUT2D eigenvalue weighted by atomic mass is 9.87. The Morgan fingerprint density at radius 1 is 1.12 bits per heavy atom. The average Bonchev–Trinajstić information content (AvgIpc) is 2.79. The van der Waals surface area contributed by atoms with Crippen molar-refractivity contribution < 1.29 is 24.6 Å². The molecule has 2 aliphatic rings. The standard InChI is InChI=1S/C24H39N3O5/c1-17-6-4-5-7-19(17)15-27-12-9-18(10-13-27)14-26-22(31)20(29)8-11-25-23(32)21(30)24(2,3)16-28/h4-7,17-19,21,28,30H,8-16H2,1-3H3,(H,25,32)(H,26,31)/t17?,19?,21-/m0/s1. The maximum absolute atomic E-state index is 12.1. The quantitative estimate of drug-likeness (QED) is 0.344. The van der Waals surface area contributed by atoms with Gasteiger partial charge in [-0.15, -0.1) is 0 Å². The second-order valence-corrected chi connectivity index (χ2v) is 9.76. The second kappa shape index (κ2) is 12.3. The van der Waals surface area contributed by atoms with Crippen molar-refractivity contribution in [1.82, 2.24) is 15.5 Å². The molecule has 1 fully saturated rings. The van der Waals surface area contributed by atoms with Crippen LogP contribution in [0.2, 0.25) is 0 Å². The lowest BCUT2D eigenvalue weighted by Crippen LogP contribution is -2.46. The number of hydrogen-bond acceptors (Lipinski definition) is 6. The number of amides is 2. The predicted octanol–water partition coefficient (Wildman–Crippen LogP) is 0.648. The summed E-state index contributed by atoms with van der Waals surface area (Å²) in [5.41, 5.74) is -0.983. The number of rotatable bonds is 11. The van der Waals surface area contributed by atoms with Gasteiger partial charge in [-0.2, -0.15) is 0 Å². The maximum Gasteiger partial charge on any atom is 0.287 e. The largest absolute Gasteiger partial charge is 0.396 e. The zero-order valence-electron chi connectivity index (χ0n) is 19.5. The van der Waals surface area contributed by atoms with Gasteiger partial charge in [-0.1, -0.05) is 45.1 Å². The predicted molar refractivity (Wildman–Crippen MR) is 123 cm³/mol. The zero-order chi connectivity index (χ0) is 23.7. The third-order valence-corrected chi connectivity index (χ3v) is 6.59. The minimum atomic E-state index is -1.39. The van der Waals surface area contributed by atoms with Gasteiger partial charge >= 0.3 is 0 Å². The highest BCUT2D eigenvalue weighted by molar-refractivity contribution is 6.36. The summed E-state index contributed by atoms with van der Waals surface area (Å²) in [6.45, 7) is 8.50. The monoisotopic (exact) mass is 449 g/mol. The zero-order valence-corrected chi connectivity index (χ0v) is 19.5. The number of aliphatic hydroxyl groups is 2. The summed E-state index contributed by atoms with van der Waals surface area (Å²) in [5.74, 6) is -0.436. The van der Waals surface area contributed by atoms with E-state index in [2.05, 4.69) is 46.8 Å². The molecule has 0 aromatic heterocycles. The average molecular weight is 450 g/mol. The molecular formula is C24H39N3O5. The molecule has 32 heavy (non-hydrogen) atoms. The number of carbonyl (C=O) groups is 3. The summed E-state index contributed by atoms with van der Waals surface area (Å²) in [7, 11) is 0. The van der Waals surface area contributed by atoms with Crippen molar-refractivity contribution in [3.05, 3.63) is 24.3 Å². The number of piperidine rings is 1. The van der Waals surface area contributed by atoms with Crippen LogP contribution in [-0.2, 0) is 14.4 Å². The van der Waals surface area contributed by atoms with Crippen LogP contribution >= 0.6 is 0 Å². The lowest BCUT2D eigenvalue weighted by molar-refractivity contribution is -0.139. The van der Waals surface area contributed by atoms with Crippen LogP contribution in [0.1, 0.15) is 40.0 Å². The van der Waals surface area contributed by atoms with Gasteiger partial charge in [0.1, 0.15) is 6.10 Å². The molecular weight excluding hydrogens is 410 g/mol. The van der Waals surface area contributed by atoms with Gasteiger partial charge < -0.3 is 25.7 Å². The van der Waals surface area contributed by atoms with Crippen LogP contribution in [0.3, 0.4) is 0 Å². The molecule has 0 radical (unpaired) electrons. The van der Waals surface area contributed by atoms with Crippen molar-refractivity contribution in [2.45, 2.75) is 46.1 Å². The number of aliphatic hydroxyl groups excluding tert-OH is 2. The number of Topliss-reactive ketones (excluding diaryl/α,β-unsaturated/α-hetero) is 1. The molecule has 0 saturated carbocycles. The van der Waals surface area contributed by atoms with Gasteiger partial charge in [0.05, 0.1) is 6.61 Å². The fraction of sp³-hybridized carbons (Fsp3) is 0.708. The van der Waals surface area contributed by atoms with E-state index in [9.17, 15) is 24.6 Å². The van der Waals surface area contributed by atoms with Crippen molar-refractivity contribution in [2.75, 3.05) is 39.3 Å². The first kappa shape index (κ1) is 26.2. The van der Waals surface area contributed by atoms with Crippen molar-refractivity contribution in [3.63, 3.8) is 0 Å². The van der Waals surface area contributed by atoms with E-state index in [1.807, 2.05) is 0 Å². The molecule has 0 aromatic carbocycles. The first-order chi connectivity index (χ1) is 15.1. The van der Waals surface area contributed by atoms with E-state index in [-0.39, 0.29) is 19.6 Å². The highest BCUT2D eigenvalue weighted by Gasteiger charge is 2.33. The van der Waals surface area contributed by atoms with E-state index >= 15 is 0 Å². The van der Waals surface area contributed by atoms with Crippen LogP contribution in [0.15, 0.2) is 24.3 Å². The Bertz CT molecular complexity index is 710. The number of ketones is 1. The molecule has 0 aromatic rings. The van der Waals surface area contributed by atoms with Crippen LogP contribution in [-0.4, -0.2) is 78.1 Å². The Hall–Kier alpha value is -2.03. The number of nitrogens with zero attached hydrogens (tertiary/aromatic N) is 1. The van der Waals surface area contributed by atoms with E-state index in [4.69, 9.17) is 0 Å². The molecule has 1 aliphatic carbocycles. The van der Waals surface area contributed by atoms with E-state index in [0.717, 1.165) is 32.5 Å². The fourth-order valence-corrected chi connectivity index (χ4v) is 3.95. The number of carbonyl (C=O) groups excluding carboxylic acids is 3. The summed E-state index contributed by atoms with van der Waals surface area (Å²) in [6.07, 6.45) is 9.19. The topological polar surface area (TPSA) is 119 Å². The number of hydrogen-bond donors (Lipinski definition) is 4. The Morgan fingerprint density at radius 2 is 1.78 bits per heavy atom. The normalized spacial score (nSPS) is 23.0. The van der Waals surface area contributed by atoms with Crippen LogP contribution < -0.4 is 10.6 Å². The SMILES string of the molecule is CC1C=CC=CC1CN1CCC(CNC(=O)C(=O)CCNC(=O)[C@H](O)C(C)(C)CO)CC1. The summed E-state index contributed by atoms with van der Waals surface area (Å²) in [5, 5.41) is 24.3. The van der Waals surface area contributed by atoms with Gasteiger partial charge in [-0.3, -0.25) is 14.4 Å². The first-order valence-corrected chi connectivity index (χ1v) is 11.6. The van der Waals surface area contributed by atoms with E-state index in [1.165, 1.54) is 0 Å². The van der Waals surface area contributed by atoms with Gasteiger partial charge in [0.25, 0.3) is 5.91 Å². The molecule has 0 bridgehead atoms. The second-order valence-electron chi connectivity index (χ2n) is 9.76. The van der Waals surface area contributed by atoms with Gasteiger partial charge in [-0.05, 0) is 43.7 Å². The minimum Gasteiger partial charge on any atom is -0.396 e. The first-order valence-electron chi connectivity index (χ1n) is 11.6. The summed E-state index contributed by atoms with van der Waals surface area (Å²) < 4.78 is 0. The van der Waals surface area contributed by atoms with Crippen molar-refractivity contribution in [3.8, 4) is 0 Å². The summed E-state index contributed by atoms with van der Waals surface area (Å²) >= 11 is 0. The van der Waals surface area contributed by atoms with E-state index in [1.54, 1.807) is 13.8 Å². The number of likely N-dealkylation sites (tertiary alicyclic amines) is 1. The lowest BCUT2D eigenvalue weighted by Gasteiger charge is -2.35. The molecule has 180 valence electrons. The van der Waals surface area contributed by atoms with E-state index < -0.39 is 29.1 Å². The Kier molecular flexibility index (Phi) is 10.1. The van der Waals surface area contributed by atoms with Crippen LogP contribution in [0, 0.1) is 23.2 Å². The maximum atomic E-state index is 12.1. The summed E-state index contributed by atoms with van der Waals surface area (Å²) in [6, 6.07) is 0. The molecule has 2 amide bonds. The Balaban J connectivity index is 1.61. The molecule has 4 N–H and O–H groups in total. The van der Waals surface area contributed by atoms with Gasteiger partial charge in [0.2, 0.25) is 11.7 Å². The Morgan fingerprint density at radius 3 is 2.41 bits per heavy atom. The molecule has 0 spiro atoms. The molecule has 1 saturated heterocycles. The third-order valence-electron chi connectivity index (χ3n) is 6.59. The molecule has 3 atom stereocenters. The summed E-state index contributed by atoms with van der Waals surface area (Å²) in [4.78, 5) is 38.5.